The zero-order valence-corrected chi connectivity index (χ0v) is 16.4. The number of likely N-dealkylation sites (N-methyl/N-ethyl adjacent to an activating group) is 1. The van der Waals surface area contributed by atoms with Crippen molar-refractivity contribution >= 4 is 0 Å². The van der Waals surface area contributed by atoms with E-state index >= 15 is 0 Å². The second-order valence-corrected chi connectivity index (χ2v) is 8.05. The Bertz CT molecular complexity index is 632. The minimum Gasteiger partial charge on any atom is -0.493 e. The Hall–Kier alpha value is -1.30. The van der Waals surface area contributed by atoms with Gasteiger partial charge in [0.05, 0.1) is 27.4 Å². The van der Waals surface area contributed by atoms with E-state index < -0.39 is 0 Å². The number of fused-ring (bicyclic) bond motifs is 1. The third-order valence-corrected chi connectivity index (χ3v) is 7.02. The molecule has 0 amide bonds. The lowest BCUT2D eigenvalue weighted by molar-refractivity contribution is -0.00603. The highest BCUT2D eigenvalue weighted by molar-refractivity contribution is 5.46. The predicted molar refractivity (Wildman–Crippen MR) is 102 cm³/mol. The van der Waals surface area contributed by atoms with Crippen LogP contribution in [0.4, 0.5) is 0 Å². The smallest absolute Gasteiger partial charge is 0.161 e. The van der Waals surface area contributed by atoms with Crippen LogP contribution in [-0.2, 0) is 10.2 Å². The van der Waals surface area contributed by atoms with Gasteiger partial charge in [-0.1, -0.05) is 6.07 Å². The number of likely N-dealkylation sites (tertiary alicyclic amines) is 1. The molecule has 0 bridgehead atoms. The molecule has 2 saturated heterocycles. The standard InChI is InChI=1S/C21H32N2O3/c1-22-9-8-21(16-4-5-18(24-2)19(14-16)25-3)7-6-17(15-20(21)22)23-10-12-26-13-11-23/h4-5,14,17,20H,6-13,15H2,1-3H3/t17-,20-,21-/m0/s1. The molecule has 4 rings (SSSR count). The second kappa shape index (κ2) is 7.37. The van der Waals surface area contributed by atoms with Crippen molar-refractivity contribution in [3.63, 3.8) is 0 Å². The summed E-state index contributed by atoms with van der Waals surface area (Å²) in [5.41, 5.74) is 1.67. The van der Waals surface area contributed by atoms with E-state index in [1.807, 2.05) is 0 Å². The molecule has 1 aromatic carbocycles. The maximum Gasteiger partial charge on any atom is 0.161 e. The summed E-state index contributed by atoms with van der Waals surface area (Å²) in [6.45, 7) is 5.12. The Balaban J connectivity index is 1.61. The highest BCUT2D eigenvalue weighted by Gasteiger charge is 2.51. The zero-order chi connectivity index (χ0) is 18.1. The molecule has 1 aromatic rings. The number of rotatable bonds is 4. The molecule has 144 valence electrons. The third kappa shape index (κ3) is 3.00. The lowest BCUT2D eigenvalue weighted by Crippen LogP contribution is -2.53. The van der Waals surface area contributed by atoms with Crippen LogP contribution in [0, 0.1) is 0 Å². The molecule has 1 saturated carbocycles. The molecule has 2 heterocycles. The van der Waals surface area contributed by atoms with Gasteiger partial charge in [-0.15, -0.1) is 0 Å². The average Bonchev–Trinajstić information content (AvgIpc) is 3.05. The number of nitrogens with zero attached hydrogens (tertiary/aromatic N) is 2. The molecule has 3 aliphatic rings. The summed E-state index contributed by atoms with van der Waals surface area (Å²) in [6.07, 6.45) is 5.02. The number of hydrogen-bond donors (Lipinski definition) is 0. The van der Waals surface area contributed by atoms with Crippen LogP contribution >= 0.6 is 0 Å². The number of benzene rings is 1. The number of hydrogen-bond acceptors (Lipinski definition) is 5. The maximum absolute atomic E-state index is 5.60. The molecule has 2 aliphatic heterocycles. The summed E-state index contributed by atoms with van der Waals surface area (Å²) >= 11 is 0. The van der Waals surface area contributed by atoms with Crippen molar-refractivity contribution in [2.45, 2.75) is 43.2 Å². The van der Waals surface area contributed by atoms with E-state index in [-0.39, 0.29) is 5.41 Å². The van der Waals surface area contributed by atoms with Crippen LogP contribution < -0.4 is 9.47 Å². The van der Waals surface area contributed by atoms with Gasteiger partial charge >= 0.3 is 0 Å². The van der Waals surface area contributed by atoms with Crippen molar-refractivity contribution in [3.05, 3.63) is 23.8 Å². The van der Waals surface area contributed by atoms with Crippen molar-refractivity contribution in [2.75, 3.05) is 54.1 Å². The SMILES string of the molecule is COc1ccc([C@@]23CC[C@H](N4CCOCC4)C[C@@H]2N(C)CC3)cc1OC. The van der Waals surface area contributed by atoms with E-state index in [0.29, 0.717) is 12.1 Å². The molecule has 3 atom stereocenters. The molecular formula is C21H32N2O3. The molecule has 5 nitrogen and oxygen atoms in total. The molecule has 26 heavy (non-hydrogen) atoms. The summed E-state index contributed by atoms with van der Waals surface area (Å²) in [4.78, 5) is 5.25. The topological polar surface area (TPSA) is 34.2 Å². The molecule has 0 radical (unpaired) electrons. The number of morpholine rings is 1. The normalized spacial score (nSPS) is 33.0. The Morgan fingerprint density at radius 3 is 2.54 bits per heavy atom. The van der Waals surface area contributed by atoms with Gasteiger partial charge in [-0.25, -0.2) is 0 Å². The van der Waals surface area contributed by atoms with Crippen LogP contribution in [0.5, 0.6) is 11.5 Å². The lowest BCUT2D eigenvalue weighted by atomic mass is 9.64. The first kappa shape index (κ1) is 18.1. The fraction of sp³-hybridized carbons (Fsp3) is 0.714. The van der Waals surface area contributed by atoms with Crippen LogP contribution in [0.1, 0.15) is 31.2 Å². The fourth-order valence-electron chi connectivity index (χ4n) is 5.52. The van der Waals surface area contributed by atoms with Gasteiger partial charge in [-0.3, -0.25) is 4.90 Å². The van der Waals surface area contributed by atoms with Gasteiger partial charge in [-0.2, -0.15) is 0 Å². The van der Waals surface area contributed by atoms with Crippen LogP contribution in [-0.4, -0.2) is 76.0 Å². The summed E-state index contributed by atoms with van der Waals surface area (Å²) in [7, 11) is 5.73. The second-order valence-electron chi connectivity index (χ2n) is 8.05. The highest BCUT2D eigenvalue weighted by atomic mass is 16.5. The van der Waals surface area contributed by atoms with E-state index in [1.54, 1.807) is 14.2 Å². The van der Waals surface area contributed by atoms with Gasteiger partial charge < -0.3 is 19.1 Å². The Morgan fingerprint density at radius 1 is 1.04 bits per heavy atom. The quantitative estimate of drug-likeness (QED) is 0.824. The van der Waals surface area contributed by atoms with Crippen molar-refractivity contribution in [1.29, 1.82) is 0 Å². The average molecular weight is 360 g/mol. The van der Waals surface area contributed by atoms with Gasteiger partial charge in [0.1, 0.15) is 0 Å². The van der Waals surface area contributed by atoms with E-state index in [1.165, 1.54) is 37.8 Å². The molecule has 1 aliphatic carbocycles. The van der Waals surface area contributed by atoms with Crippen molar-refractivity contribution in [1.82, 2.24) is 9.80 Å². The summed E-state index contributed by atoms with van der Waals surface area (Å²) in [6, 6.07) is 7.86. The molecular weight excluding hydrogens is 328 g/mol. The van der Waals surface area contributed by atoms with Crippen LogP contribution in [0.15, 0.2) is 18.2 Å². The molecule has 5 heteroatoms. The molecule has 0 spiro atoms. The first-order chi connectivity index (χ1) is 12.7. The molecule has 0 aromatic heterocycles. The monoisotopic (exact) mass is 360 g/mol. The Morgan fingerprint density at radius 2 is 1.81 bits per heavy atom. The van der Waals surface area contributed by atoms with E-state index in [2.05, 4.69) is 35.0 Å². The van der Waals surface area contributed by atoms with Crippen molar-refractivity contribution in [2.24, 2.45) is 0 Å². The number of methoxy groups -OCH3 is 2. The van der Waals surface area contributed by atoms with E-state index in [0.717, 1.165) is 37.8 Å². The van der Waals surface area contributed by atoms with Gasteiger partial charge in [0.2, 0.25) is 0 Å². The molecule has 3 fully saturated rings. The van der Waals surface area contributed by atoms with Gasteiger partial charge in [0.15, 0.2) is 11.5 Å². The van der Waals surface area contributed by atoms with Crippen LogP contribution in [0.25, 0.3) is 0 Å². The first-order valence-corrected chi connectivity index (χ1v) is 9.92. The Labute approximate surface area is 157 Å². The van der Waals surface area contributed by atoms with Crippen LogP contribution in [0.3, 0.4) is 0 Å². The minimum atomic E-state index is 0.247. The minimum absolute atomic E-state index is 0.247. The molecule has 0 unspecified atom stereocenters. The lowest BCUT2D eigenvalue weighted by Gasteiger charge is -2.48. The maximum atomic E-state index is 5.60. The van der Waals surface area contributed by atoms with E-state index in [9.17, 15) is 0 Å². The van der Waals surface area contributed by atoms with E-state index in [4.69, 9.17) is 14.2 Å². The summed E-state index contributed by atoms with van der Waals surface area (Å²) < 4.78 is 16.6. The summed E-state index contributed by atoms with van der Waals surface area (Å²) in [5, 5.41) is 0. The third-order valence-electron chi connectivity index (χ3n) is 7.02. The number of ether oxygens (including phenoxy) is 3. The fourth-order valence-corrected chi connectivity index (χ4v) is 5.52. The van der Waals surface area contributed by atoms with Gasteiger partial charge in [0.25, 0.3) is 0 Å². The largest absolute Gasteiger partial charge is 0.493 e. The summed E-state index contributed by atoms with van der Waals surface area (Å²) in [5.74, 6) is 1.67. The predicted octanol–water partition coefficient (Wildman–Crippen LogP) is 2.53. The van der Waals surface area contributed by atoms with Crippen molar-refractivity contribution in [3.8, 4) is 11.5 Å². The van der Waals surface area contributed by atoms with Crippen LogP contribution in [0.2, 0.25) is 0 Å². The van der Waals surface area contributed by atoms with Gasteiger partial charge in [0, 0.05) is 30.6 Å². The Kier molecular flexibility index (Phi) is 5.13. The zero-order valence-electron chi connectivity index (χ0n) is 16.4. The van der Waals surface area contributed by atoms with Gasteiger partial charge in [-0.05, 0) is 57.0 Å². The molecule has 0 N–H and O–H groups in total. The first-order valence-electron chi connectivity index (χ1n) is 9.92. The van der Waals surface area contributed by atoms with Crippen molar-refractivity contribution < 1.29 is 14.2 Å². The highest BCUT2D eigenvalue weighted by Crippen LogP contribution is 2.50.